The molecule has 1 aromatic rings. The molecule has 0 aromatic heterocycles. The summed E-state index contributed by atoms with van der Waals surface area (Å²) in [5.74, 6) is -0.508. The van der Waals surface area contributed by atoms with Gasteiger partial charge < -0.3 is 4.74 Å². The van der Waals surface area contributed by atoms with E-state index in [-0.39, 0.29) is 16.3 Å². The highest BCUT2D eigenvalue weighted by Crippen LogP contribution is 2.30. The lowest BCUT2D eigenvalue weighted by atomic mass is 10.2. The van der Waals surface area contributed by atoms with Crippen molar-refractivity contribution in [2.45, 2.75) is 0 Å². The number of halogens is 2. The van der Waals surface area contributed by atoms with Crippen LogP contribution in [0.4, 0.5) is 4.39 Å². The summed E-state index contributed by atoms with van der Waals surface area (Å²) in [6.45, 7) is 0. The Morgan fingerprint density at radius 3 is 2.75 bits per heavy atom. The second-order valence-electron chi connectivity index (χ2n) is 2.05. The van der Waals surface area contributed by atoms with Gasteiger partial charge in [0.1, 0.15) is 16.9 Å². The third-order valence-corrected chi connectivity index (χ3v) is 1.73. The Kier molecular flexibility index (Phi) is 2.51. The third-order valence-electron chi connectivity index (χ3n) is 1.37. The van der Waals surface area contributed by atoms with Gasteiger partial charge in [-0.15, -0.1) is 0 Å². The minimum Gasteiger partial charge on any atom is -0.494 e. The molecule has 0 aliphatic carbocycles. The first-order valence-electron chi connectivity index (χ1n) is 3.12. The van der Waals surface area contributed by atoms with Gasteiger partial charge in [-0.1, -0.05) is 11.6 Å². The maximum absolute atomic E-state index is 12.8. The van der Waals surface area contributed by atoms with Crippen LogP contribution in [0.2, 0.25) is 5.02 Å². The topological polar surface area (TPSA) is 33.0 Å². The molecule has 0 aliphatic heterocycles. The van der Waals surface area contributed by atoms with Crippen LogP contribution in [0.25, 0.3) is 0 Å². The van der Waals surface area contributed by atoms with Crippen LogP contribution in [0, 0.1) is 17.1 Å². The Balaban J connectivity index is 3.38. The predicted molar refractivity (Wildman–Crippen MR) is 42.7 cm³/mol. The number of nitrogens with zero attached hydrogens (tertiary/aromatic N) is 1. The molecule has 2 nitrogen and oxygen atoms in total. The zero-order chi connectivity index (χ0) is 9.14. The quantitative estimate of drug-likeness (QED) is 0.673. The van der Waals surface area contributed by atoms with Crippen LogP contribution in [0.1, 0.15) is 5.56 Å². The fourth-order valence-electron chi connectivity index (χ4n) is 0.820. The Labute approximate surface area is 74.1 Å². The summed E-state index contributed by atoms with van der Waals surface area (Å²) in [4.78, 5) is 0. The molecular formula is C8H5ClFNO. The zero-order valence-electron chi connectivity index (χ0n) is 6.27. The molecule has 0 radical (unpaired) electrons. The minimum atomic E-state index is -0.590. The predicted octanol–water partition coefficient (Wildman–Crippen LogP) is 2.36. The molecule has 62 valence electrons. The molecule has 0 saturated heterocycles. The molecule has 0 fully saturated rings. The molecule has 4 heteroatoms. The number of nitriles is 1. The lowest BCUT2D eigenvalue weighted by molar-refractivity contribution is 0.410. The number of rotatable bonds is 1. The lowest BCUT2D eigenvalue weighted by Gasteiger charge is -2.04. The molecule has 0 bridgehead atoms. The summed E-state index contributed by atoms with van der Waals surface area (Å²) in [6.07, 6.45) is 0. The molecule has 0 amide bonds. The molecule has 12 heavy (non-hydrogen) atoms. The summed E-state index contributed by atoms with van der Waals surface area (Å²) >= 11 is 5.53. The van der Waals surface area contributed by atoms with Crippen molar-refractivity contribution in [2.24, 2.45) is 0 Å². The van der Waals surface area contributed by atoms with Crippen molar-refractivity contribution in [2.75, 3.05) is 7.11 Å². The molecule has 0 aliphatic rings. The average molecular weight is 186 g/mol. The normalized spacial score (nSPS) is 9.17. The van der Waals surface area contributed by atoms with E-state index in [2.05, 4.69) is 0 Å². The fraction of sp³-hybridized carbons (Fsp3) is 0.125. The zero-order valence-corrected chi connectivity index (χ0v) is 7.02. The van der Waals surface area contributed by atoms with Crippen molar-refractivity contribution in [3.05, 3.63) is 28.5 Å². The second kappa shape index (κ2) is 3.42. The fourth-order valence-corrected chi connectivity index (χ4v) is 1.06. The van der Waals surface area contributed by atoms with Gasteiger partial charge in [-0.2, -0.15) is 5.26 Å². The van der Waals surface area contributed by atoms with Crippen LogP contribution in [0.15, 0.2) is 12.1 Å². The summed E-state index contributed by atoms with van der Waals surface area (Å²) < 4.78 is 17.5. The van der Waals surface area contributed by atoms with E-state index in [0.717, 1.165) is 6.07 Å². The monoisotopic (exact) mass is 185 g/mol. The van der Waals surface area contributed by atoms with Gasteiger partial charge >= 0.3 is 0 Å². The van der Waals surface area contributed by atoms with E-state index in [4.69, 9.17) is 21.6 Å². The highest BCUT2D eigenvalue weighted by molar-refractivity contribution is 6.32. The Bertz CT molecular complexity index is 346. The second-order valence-corrected chi connectivity index (χ2v) is 2.43. The van der Waals surface area contributed by atoms with E-state index in [9.17, 15) is 4.39 Å². The van der Waals surface area contributed by atoms with Crippen molar-refractivity contribution in [1.29, 1.82) is 5.26 Å². The standard InChI is InChI=1S/C8H5ClFNO/c1-12-8-5(4-11)2-3-6(10)7(8)9/h2-3H,1H3. The van der Waals surface area contributed by atoms with Crippen LogP contribution in [-0.2, 0) is 0 Å². The van der Waals surface area contributed by atoms with Gasteiger partial charge in [0.05, 0.1) is 12.7 Å². The van der Waals surface area contributed by atoms with Crippen molar-refractivity contribution in [3.63, 3.8) is 0 Å². The van der Waals surface area contributed by atoms with Crippen LogP contribution in [0.5, 0.6) is 5.75 Å². The van der Waals surface area contributed by atoms with Crippen LogP contribution >= 0.6 is 11.6 Å². The number of hydrogen-bond donors (Lipinski definition) is 0. The molecule has 1 aromatic carbocycles. The average Bonchev–Trinajstić information content (AvgIpc) is 2.09. The van der Waals surface area contributed by atoms with Gasteiger partial charge in [0.15, 0.2) is 5.75 Å². The van der Waals surface area contributed by atoms with Gasteiger partial charge in [0, 0.05) is 0 Å². The first kappa shape index (κ1) is 8.82. The van der Waals surface area contributed by atoms with Crippen LogP contribution in [0.3, 0.4) is 0 Å². The van der Waals surface area contributed by atoms with Gasteiger partial charge in [0.25, 0.3) is 0 Å². The number of benzene rings is 1. The maximum atomic E-state index is 12.8. The smallest absolute Gasteiger partial charge is 0.158 e. The molecule has 0 atom stereocenters. The highest BCUT2D eigenvalue weighted by Gasteiger charge is 2.11. The largest absolute Gasteiger partial charge is 0.494 e. The molecular weight excluding hydrogens is 181 g/mol. The van der Waals surface area contributed by atoms with Crippen molar-refractivity contribution < 1.29 is 9.13 Å². The van der Waals surface area contributed by atoms with E-state index in [1.165, 1.54) is 13.2 Å². The first-order valence-corrected chi connectivity index (χ1v) is 3.50. The Morgan fingerprint density at radius 1 is 1.58 bits per heavy atom. The first-order chi connectivity index (χ1) is 5.70. The van der Waals surface area contributed by atoms with Gasteiger partial charge in [0.2, 0.25) is 0 Å². The molecule has 1 rings (SSSR count). The molecule has 0 saturated carbocycles. The van der Waals surface area contributed by atoms with Gasteiger partial charge in [-0.3, -0.25) is 0 Å². The Hall–Kier alpha value is -1.27. The number of hydrogen-bond acceptors (Lipinski definition) is 2. The lowest BCUT2D eigenvalue weighted by Crippen LogP contribution is -1.91. The summed E-state index contributed by atoms with van der Waals surface area (Å²) in [6, 6.07) is 4.29. The summed E-state index contributed by atoms with van der Waals surface area (Å²) in [5, 5.41) is 8.40. The highest BCUT2D eigenvalue weighted by atomic mass is 35.5. The van der Waals surface area contributed by atoms with Gasteiger partial charge in [-0.25, -0.2) is 4.39 Å². The molecule has 0 spiro atoms. The maximum Gasteiger partial charge on any atom is 0.158 e. The minimum absolute atomic E-state index is 0.0826. The van der Waals surface area contributed by atoms with Crippen LogP contribution < -0.4 is 4.74 Å². The Morgan fingerprint density at radius 2 is 2.25 bits per heavy atom. The van der Waals surface area contributed by atoms with Crippen molar-refractivity contribution in [1.82, 2.24) is 0 Å². The number of ether oxygens (including phenoxy) is 1. The van der Waals surface area contributed by atoms with Gasteiger partial charge in [-0.05, 0) is 12.1 Å². The van der Waals surface area contributed by atoms with Crippen LogP contribution in [-0.4, -0.2) is 7.11 Å². The molecule has 0 N–H and O–H groups in total. The van der Waals surface area contributed by atoms with E-state index >= 15 is 0 Å². The van der Waals surface area contributed by atoms with E-state index in [1.54, 1.807) is 0 Å². The SMILES string of the molecule is COc1c(C#N)ccc(F)c1Cl. The molecule has 0 unspecified atom stereocenters. The molecule has 0 heterocycles. The summed E-state index contributed by atoms with van der Waals surface area (Å²) in [7, 11) is 1.33. The third kappa shape index (κ3) is 1.34. The van der Waals surface area contributed by atoms with Crippen molar-refractivity contribution in [3.8, 4) is 11.8 Å². The summed E-state index contributed by atoms with van der Waals surface area (Å²) in [5.41, 5.74) is 0.226. The van der Waals surface area contributed by atoms with E-state index in [0.29, 0.717) is 0 Å². The van der Waals surface area contributed by atoms with E-state index < -0.39 is 5.82 Å². The van der Waals surface area contributed by atoms with E-state index in [1.807, 2.05) is 6.07 Å². The van der Waals surface area contributed by atoms with Crippen molar-refractivity contribution >= 4 is 11.6 Å². The number of methoxy groups -OCH3 is 1.